The van der Waals surface area contributed by atoms with Gasteiger partial charge >= 0.3 is 5.97 Å². The van der Waals surface area contributed by atoms with Gasteiger partial charge in [0, 0.05) is 11.5 Å². The van der Waals surface area contributed by atoms with Crippen molar-refractivity contribution in [3.05, 3.63) is 34.1 Å². The van der Waals surface area contributed by atoms with Crippen LogP contribution in [0.2, 0.25) is 0 Å². The lowest BCUT2D eigenvalue weighted by molar-refractivity contribution is 0.00133. The van der Waals surface area contributed by atoms with E-state index in [-0.39, 0.29) is 24.5 Å². The second-order valence-corrected chi connectivity index (χ2v) is 3.45. The summed E-state index contributed by atoms with van der Waals surface area (Å²) in [5.74, 6) is -0.686. The van der Waals surface area contributed by atoms with Gasteiger partial charge in [-0.15, -0.1) is 0 Å². The first-order valence-corrected chi connectivity index (χ1v) is 5.15. The first kappa shape index (κ1) is 14.0. The van der Waals surface area contributed by atoms with Crippen molar-refractivity contribution in [3.8, 4) is 0 Å². The minimum absolute atomic E-state index is 0.0452. The molecule has 0 bridgehead atoms. The Balaban J connectivity index is 2.65. The molecule has 0 aliphatic carbocycles. The number of hydrogen-bond donors (Lipinski definition) is 2. The molecule has 2 atom stereocenters. The Morgan fingerprint density at radius 2 is 2.33 bits per heavy atom. The van der Waals surface area contributed by atoms with Crippen molar-refractivity contribution in [2.24, 2.45) is 5.11 Å². The zero-order chi connectivity index (χ0) is 13.5. The SMILES string of the molecule is COC(=O)c1ccc(C(O)C(O)CCN=[N+]=[N-])o1. The fraction of sp³-hybridized carbons (Fsp3) is 0.500. The smallest absolute Gasteiger partial charge is 0.373 e. The maximum Gasteiger partial charge on any atom is 0.373 e. The number of hydrogen-bond acceptors (Lipinski definition) is 6. The van der Waals surface area contributed by atoms with E-state index < -0.39 is 18.2 Å². The molecule has 0 saturated heterocycles. The summed E-state index contributed by atoms with van der Waals surface area (Å²) in [7, 11) is 1.20. The minimum Gasteiger partial charge on any atom is -0.463 e. The van der Waals surface area contributed by atoms with Gasteiger partial charge in [-0.1, -0.05) is 5.11 Å². The highest BCUT2D eigenvalue weighted by molar-refractivity contribution is 5.86. The standard InChI is InChI=1S/C10H13N3O5/c1-17-10(16)8-3-2-7(18-8)9(15)6(14)4-5-12-13-11/h2-3,6,9,14-15H,4-5H2,1H3. The predicted octanol–water partition coefficient (Wildman–Crippen LogP) is 1.16. The van der Waals surface area contributed by atoms with Crippen LogP contribution >= 0.6 is 0 Å². The number of aliphatic hydroxyl groups is 2. The van der Waals surface area contributed by atoms with E-state index in [0.717, 1.165) is 0 Å². The summed E-state index contributed by atoms with van der Waals surface area (Å²) in [5.41, 5.74) is 8.07. The number of ether oxygens (including phenoxy) is 1. The van der Waals surface area contributed by atoms with Crippen LogP contribution in [0, 0.1) is 0 Å². The van der Waals surface area contributed by atoms with Gasteiger partial charge in [-0.05, 0) is 24.1 Å². The molecule has 0 spiro atoms. The third-order valence-corrected chi connectivity index (χ3v) is 2.26. The number of esters is 1. The van der Waals surface area contributed by atoms with Crippen molar-refractivity contribution in [1.29, 1.82) is 0 Å². The van der Waals surface area contributed by atoms with E-state index in [1.54, 1.807) is 0 Å². The van der Waals surface area contributed by atoms with Crippen LogP contribution in [0.15, 0.2) is 21.7 Å². The van der Waals surface area contributed by atoms with Gasteiger partial charge in [0.05, 0.1) is 13.2 Å². The molecule has 0 saturated carbocycles. The van der Waals surface area contributed by atoms with Crippen molar-refractivity contribution in [1.82, 2.24) is 0 Å². The number of nitrogens with zero attached hydrogens (tertiary/aromatic N) is 3. The van der Waals surface area contributed by atoms with Gasteiger partial charge in [0.1, 0.15) is 11.9 Å². The fourth-order valence-electron chi connectivity index (χ4n) is 1.30. The van der Waals surface area contributed by atoms with Crippen LogP contribution in [0.25, 0.3) is 10.4 Å². The van der Waals surface area contributed by atoms with Crippen LogP contribution in [0.3, 0.4) is 0 Å². The van der Waals surface area contributed by atoms with Gasteiger partial charge in [0.2, 0.25) is 5.76 Å². The van der Waals surface area contributed by atoms with E-state index >= 15 is 0 Å². The van der Waals surface area contributed by atoms with Crippen LogP contribution in [0.5, 0.6) is 0 Å². The Morgan fingerprint density at radius 3 is 2.94 bits per heavy atom. The number of carbonyl (C=O) groups is 1. The van der Waals surface area contributed by atoms with Crippen LogP contribution < -0.4 is 0 Å². The number of aliphatic hydroxyl groups excluding tert-OH is 2. The van der Waals surface area contributed by atoms with Gasteiger partial charge in [-0.3, -0.25) is 0 Å². The molecule has 8 heteroatoms. The Kier molecular flexibility index (Phi) is 5.19. The second kappa shape index (κ2) is 6.65. The van der Waals surface area contributed by atoms with E-state index in [2.05, 4.69) is 14.8 Å². The van der Waals surface area contributed by atoms with Crippen molar-refractivity contribution >= 4 is 5.97 Å². The number of azide groups is 1. The first-order valence-electron chi connectivity index (χ1n) is 5.15. The largest absolute Gasteiger partial charge is 0.463 e. The molecule has 1 aromatic heterocycles. The molecule has 98 valence electrons. The van der Waals surface area contributed by atoms with E-state index in [1.807, 2.05) is 0 Å². The van der Waals surface area contributed by atoms with E-state index in [4.69, 9.17) is 9.95 Å². The molecule has 0 aliphatic heterocycles. The summed E-state index contributed by atoms with van der Waals surface area (Å²) in [6, 6.07) is 2.71. The molecule has 0 fully saturated rings. The molecule has 8 nitrogen and oxygen atoms in total. The summed E-state index contributed by atoms with van der Waals surface area (Å²) >= 11 is 0. The maximum absolute atomic E-state index is 11.1. The summed E-state index contributed by atoms with van der Waals surface area (Å²) in [6.07, 6.45) is -2.36. The number of furan rings is 1. The van der Waals surface area contributed by atoms with Crippen LogP contribution in [-0.4, -0.2) is 35.9 Å². The molecule has 1 rings (SSSR count). The molecule has 0 amide bonds. The predicted molar refractivity (Wildman–Crippen MR) is 59.6 cm³/mol. The molecule has 0 aliphatic rings. The van der Waals surface area contributed by atoms with E-state index in [9.17, 15) is 15.0 Å². The molecule has 2 unspecified atom stereocenters. The van der Waals surface area contributed by atoms with Gasteiger partial charge in [0.15, 0.2) is 0 Å². The average Bonchev–Trinajstić information content (AvgIpc) is 2.86. The van der Waals surface area contributed by atoms with Crippen molar-refractivity contribution in [3.63, 3.8) is 0 Å². The van der Waals surface area contributed by atoms with Gasteiger partial charge in [-0.25, -0.2) is 4.79 Å². The van der Waals surface area contributed by atoms with Crippen LogP contribution in [0.4, 0.5) is 0 Å². The molecule has 0 radical (unpaired) electrons. The minimum atomic E-state index is -1.29. The number of methoxy groups -OCH3 is 1. The Labute approximate surface area is 102 Å². The monoisotopic (exact) mass is 255 g/mol. The lowest BCUT2D eigenvalue weighted by Crippen LogP contribution is -2.18. The normalized spacial score (nSPS) is 13.5. The highest BCUT2D eigenvalue weighted by Crippen LogP contribution is 2.21. The Bertz CT molecular complexity index is 452. The summed E-state index contributed by atoms with van der Waals surface area (Å²) < 4.78 is 9.47. The van der Waals surface area contributed by atoms with Crippen LogP contribution in [0.1, 0.15) is 28.8 Å². The fourth-order valence-corrected chi connectivity index (χ4v) is 1.30. The summed E-state index contributed by atoms with van der Waals surface area (Å²) in [6.45, 7) is 0.0549. The zero-order valence-electron chi connectivity index (χ0n) is 9.68. The van der Waals surface area contributed by atoms with Gasteiger partial charge in [0.25, 0.3) is 0 Å². The Morgan fingerprint density at radius 1 is 1.61 bits per heavy atom. The number of rotatable bonds is 6. The van der Waals surface area contributed by atoms with Crippen molar-refractivity contribution < 1.29 is 24.2 Å². The molecular formula is C10H13N3O5. The lowest BCUT2D eigenvalue weighted by Gasteiger charge is -2.14. The quantitative estimate of drug-likeness (QED) is 0.341. The highest BCUT2D eigenvalue weighted by atomic mass is 16.5. The molecule has 1 heterocycles. The van der Waals surface area contributed by atoms with Crippen molar-refractivity contribution in [2.45, 2.75) is 18.6 Å². The number of carbonyl (C=O) groups excluding carboxylic acids is 1. The summed E-state index contributed by atoms with van der Waals surface area (Å²) in [5, 5.41) is 22.6. The van der Waals surface area contributed by atoms with Gasteiger partial charge in [-0.2, -0.15) is 0 Å². The first-order chi connectivity index (χ1) is 8.60. The van der Waals surface area contributed by atoms with Gasteiger partial charge < -0.3 is 19.4 Å². The zero-order valence-corrected chi connectivity index (χ0v) is 9.68. The van der Waals surface area contributed by atoms with Crippen molar-refractivity contribution in [2.75, 3.05) is 13.7 Å². The van der Waals surface area contributed by atoms with Crippen LogP contribution in [-0.2, 0) is 4.74 Å². The topological polar surface area (TPSA) is 129 Å². The third-order valence-electron chi connectivity index (χ3n) is 2.26. The second-order valence-electron chi connectivity index (χ2n) is 3.45. The lowest BCUT2D eigenvalue weighted by atomic mass is 10.1. The Hall–Kier alpha value is -2.02. The molecule has 2 N–H and O–H groups in total. The average molecular weight is 255 g/mol. The van der Waals surface area contributed by atoms with E-state index in [0.29, 0.717) is 0 Å². The van der Waals surface area contributed by atoms with E-state index in [1.165, 1.54) is 19.2 Å². The molecule has 0 aromatic carbocycles. The third kappa shape index (κ3) is 3.49. The highest BCUT2D eigenvalue weighted by Gasteiger charge is 2.22. The summed E-state index contributed by atoms with van der Waals surface area (Å²) in [4.78, 5) is 13.6. The molecule has 18 heavy (non-hydrogen) atoms. The molecule has 1 aromatic rings. The molecular weight excluding hydrogens is 242 g/mol. The maximum atomic E-state index is 11.1.